The van der Waals surface area contributed by atoms with Crippen LogP contribution in [0.25, 0.3) is 55.6 Å². The van der Waals surface area contributed by atoms with E-state index in [2.05, 4.69) is 29.5 Å². The van der Waals surface area contributed by atoms with E-state index in [4.69, 9.17) is 13.5 Å². The maximum Gasteiger partial charge on any atom is 0.227 e. The van der Waals surface area contributed by atoms with Gasteiger partial charge in [0.2, 0.25) is 5.71 Å². The Morgan fingerprint density at radius 3 is 2.56 bits per heavy atom. The Labute approximate surface area is 190 Å². The van der Waals surface area contributed by atoms with Crippen LogP contribution in [0.15, 0.2) is 83.4 Å². The zero-order valence-electron chi connectivity index (χ0n) is 20.8. The number of hydrogen-bond acceptors (Lipinski definition) is 3. The van der Waals surface area contributed by atoms with Gasteiger partial charge >= 0.3 is 0 Å². The Bertz CT molecular complexity index is 1710. The predicted molar refractivity (Wildman–Crippen MR) is 131 cm³/mol. The Morgan fingerprint density at radius 2 is 1.75 bits per heavy atom. The fraction of sp³-hybridized carbons (Fsp3) is 0.143. The van der Waals surface area contributed by atoms with Gasteiger partial charge in [-0.2, -0.15) is 0 Å². The molecule has 4 nitrogen and oxygen atoms in total. The second kappa shape index (κ2) is 7.06. The Balaban J connectivity index is 1.53. The largest absolute Gasteiger partial charge is 0.437 e. The van der Waals surface area contributed by atoms with Crippen molar-refractivity contribution in [3.05, 3.63) is 84.6 Å². The molecule has 156 valence electrons. The van der Waals surface area contributed by atoms with Crippen LogP contribution in [-0.4, -0.2) is 14.5 Å². The molecule has 0 amide bonds. The number of nitrogens with zero attached hydrogens (tertiary/aromatic N) is 3. The smallest absolute Gasteiger partial charge is 0.227 e. The van der Waals surface area contributed by atoms with Crippen LogP contribution < -0.4 is 0 Å². The molecule has 0 aliphatic heterocycles. The summed E-state index contributed by atoms with van der Waals surface area (Å²) in [6.07, 6.45) is 1.76. The van der Waals surface area contributed by atoms with Crippen molar-refractivity contribution in [3.8, 4) is 22.5 Å². The first-order valence-corrected chi connectivity index (χ1v) is 10.7. The van der Waals surface area contributed by atoms with E-state index in [0.29, 0.717) is 11.3 Å². The maximum absolute atomic E-state index is 7.60. The molecule has 0 radical (unpaired) electrons. The van der Waals surface area contributed by atoms with Crippen molar-refractivity contribution in [1.82, 2.24) is 14.5 Å². The average molecular weight is 421 g/mol. The molecule has 0 aliphatic rings. The monoisotopic (exact) mass is 420 g/mol. The third-order valence-electron chi connectivity index (χ3n) is 5.93. The summed E-state index contributed by atoms with van der Waals surface area (Å²) in [5.74, 6) is 0.867. The van der Waals surface area contributed by atoms with Gasteiger partial charge in [-0.25, -0.2) is 9.97 Å². The van der Waals surface area contributed by atoms with Crippen LogP contribution >= 0.6 is 0 Å². The van der Waals surface area contributed by atoms with E-state index >= 15 is 0 Å². The second-order valence-electron chi connectivity index (χ2n) is 8.33. The molecule has 0 spiro atoms. The lowest BCUT2D eigenvalue weighted by Gasteiger charge is -2.13. The van der Waals surface area contributed by atoms with Gasteiger partial charge in [0.15, 0.2) is 0 Å². The van der Waals surface area contributed by atoms with Gasteiger partial charge in [-0.3, -0.25) is 0 Å². The van der Waals surface area contributed by atoms with Crippen LogP contribution in [0.5, 0.6) is 0 Å². The van der Waals surface area contributed by atoms with E-state index in [1.165, 1.54) is 0 Å². The summed E-state index contributed by atoms with van der Waals surface area (Å²) < 4.78 is 31.3. The fourth-order valence-electron chi connectivity index (χ4n) is 4.44. The first kappa shape index (κ1) is 15.8. The Morgan fingerprint density at radius 1 is 0.906 bits per heavy atom. The summed E-state index contributed by atoms with van der Waals surface area (Å²) in [4.78, 5) is 9.55. The van der Waals surface area contributed by atoms with Crippen LogP contribution in [0.1, 0.15) is 29.6 Å². The van der Waals surface area contributed by atoms with E-state index in [-0.39, 0.29) is 6.04 Å². The molecule has 3 heterocycles. The molecule has 32 heavy (non-hydrogen) atoms. The number of aryl methyl sites for hydroxylation is 1. The van der Waals surface area contributed by atoms with Crippen LogP contribution in [0.2, 0.25) is 0 Å². The zero-order valence-corrected chi connectivity index (χ0v) is 17.8. The summed E-state index contributed by atoms with van der Waals surface area (Å²) in [6, 6.07) is 23.5. The number of rotatable bonds is 3. The minimum atomic E-state index is -2.12. The number of imidazole rings is 1. The molecule has 0 bridgehead atoms. The maximum atomic E-state index is 7.60. The van der Waals surface area contributed by atoms with Crippen LogP contribution in [0, 0.1) is 6.85 Å². The number of pyridine rings is 1. The van der Waals surface area contributed by atoms with Gasteiger partial charge in [0.05, 0.1) is 16.6 Å². The van der Waals surface area contributed by atoms with E-state index in [1.54, 1.807) is 18.3 Å². The van der Waals surface area contributed by atoms with Gasteiger partial charge in [-0.05, 0) is 50.5 Å². The van der Waals surface area contributed by atoms with Crippen molar-refractivity contribution < 1.29 is 8.53 Å². The molecular formula is C28H23N3O. The van der Waals surface area contributed by atoms with Crippen LogP contribution in [-0.2, 0) is 0 Å². The molecule has 6 aromatic rings. The molecule has 0 aliphatic carbocycles. The highest BCUT2D eigenvalue weighted by Crippen LogP contribution is 2.38. The normalized spacial score (nSPS) is 13.7. The molecule has 0 N–H and O–H groups in total. The molecule has 0 saturated carbocycles. The minimum absolute atomic E-state index is 0.222. The van der Waals surface area contributed by atoms with Crippen LogP contribution in [0.4, 0.5) is 0 Å². The first-order chi connectivity index (χ1) is 16.8. The average Bonchev–Trinajstić information content (AvgIpc) is 3.41. The highest BCUT2D eigenvalue weighted by Gasteiger charge is 2.20. The lowest BCUT2D eigenvalue weighted by atomic mass is 10.0. The van der Waals surface area contributed by atoms with Crippen molar-refractivity contribution in [1.29, 1.82) is 0 Å². The van der Waals surface area contributed by atoms with E-state index in [0.717, 1.165) is 49.9 Å². The summed E-state index contributed by atoms with van der Waals surface area (Å²) in [6.45, 7) is 2.19. The van der Waals surface area contributed by atoms with Crippen molar-refractivity contribution >= 4 is 33.1 Å². The predicted octanol–water partition coefficient (Wildman–Crippen LogP) is 7.55. The molecule has 0 atom stereocenters. The summed E-state index contributed by atoms with van der Waals surface area (Å²) in [7, 11) is 0. The lowest BCUT2D eigenvalue weighted by molar-refractivity contribution is 0.621. The van der Waals surface area contributed by atoms with Gasteiger partial charge in [-0.1, -0.05) is 54.1 Å². The van der Waals surface area contributed by atoms with Gasteiger partial charge in [0.25, 0.3) is 0 Å². The molecule has 4 heteroatoms. The van der Waals surface area contributed by atoms with E-state index in [9.17, 15) is 0 Å². The summed E-state index contributed by atoms with van der Waals surface area (Å²) >= 11 is 0. The van der Waals surface area contributed by atoms with Gasteiger partial charge in [0.1, 0.15) is 11.4 Å². The molecule has 3 aromatic carbocycles. The highest BCUT2D eigenvalue weighted by atomic mass is 16.3. The fourth-order valence-corrected chi connectivity index (χ4v) is 4.44. The number of fused-ring (bicyclic) bond motifs is 4. The van der Waals surface area contributed by atoms with Crippen LogP contribution in [0.3, 0.4) is 0 Å². The second-order valence-corrected chi connectivity index (χ2v) is 8.33. The first-order valence-electron chi connectivity index (χ1n) is 12.2. The van der Waals surface area contributed by atoms with Gasteiger partial charge in [-0.15, -0.1) is 0 Å². The molecule has 6 rings (SSSR count). The van der Waals surface area contributed by atoms with Crippen molar-refractivity contribution in [2.75, 3.05) is 0 Å². The topological polar surface area (TPSA) is 43.9 Å². The standard InChI is InChI=1S/C28H23N3O/c1-17(2)31-25-10-5-4-9-24(25)30-27(31)22-8-6-7-21-23-15-20(16-29-28(23)32-26(21)22)19-13-11-18(3)12-14-19/h4-17H,1-3H3/i3D3. The third kappa shape index (κ3) is 2.83. The summed E-state index contributed by atoms with van der Waals surface area (Å²) in [5, 5.41) is 1.87. The number of para-hydroxylation sites is 3. The Kier molecular flexibility index (Phi) is 3.49. The molecular weight excluding hydrogens is 394 g/mol. The third-order valence-corrected chi connectivity index (χ3v) is 5.93. The number of furan rings is 1. The van der Waals surface area contributed by atoms with Gasteiger partial charge in [0, 0.05) is 32.7 Å². The van der Waals surface area contributed by atoms with Gasteiger partial charge < -0.3 is 8.98 Å². The zero-order chi connectivity index (χ0) is 24.3. The molecule has 0 unspecified atom stereocenters. The SMILES string of the molecule is [2H]C([2H])([2H])c1ccc(-c2cnc3oc4c(-c5nc6ccccc6n5C(C)C)cccc4c3c2)cc1. The summed E-state index contributed by atoms with van der Waals surface area (Å²) in [5.41, 5.74) is 6.40. The minimum Gasteiger partial charge on any atom is -0.437 e. The van der Waals surface area contributed by atoms with E-state index in [1.807, 2.05) is 54.6 Å². The lowest BCUT2D eigenvalue weighted by Crippen LogP contribution is -2.03. The molecule has 3 aromatic heterocycles. The Hall–Kier alpha value is -3.92. The molecule has 0 fully saturated rings. The van der Waals surface area contributed by atoms with Crippen molar-refractivity contribution in [2.45, 2.75) is 26.7 Å². The van der Waals surface area contributed by atoms with Crippen molar-refractivity contribution in [2.24, 2.45) is 0 Å². The number of hydrogen-bond donors (Lipinski definition) is 0. The molecule has 0 saturated heterocycles. The van der Waals surface area contributed by atoms with Crippen molar-refractivity contribution in [3.63, 3.8) is 0 Å². The highest BCUT2D eigenvalue weighted by molar-refractivity contribution is 6.09. The van der Waals surface area contributed by atoms with E-state index < -0.39 is 6.85 Å². The quantitative estimate of drug-likeness (QED) is 0.297. The number of aromatic nitrogens is 3. The number of benzene rings is 3.